The van der Waals surface area contributed by atoms with Gasteiger partial charge in [0.25, 0.3) is 0 Å². The lowest BCUT2D eigenvalue weighted by molar-refractivity contribution is -0.121. The summed E-state index contributed by atoms with van der Waals surface area (Å²) in [4.78, 5) is 30.2. The zero-order valence-electron chi connectivity index (χ0n) is 14.5. The van der Waals surface area contributed by atoms with Crippen molar-refractivity contribution in [3.63, 3.8) is 0 Å². The number of benzene rings is 1. The van der Waals surface area contributed by atoms with Crippen LogP contribution in [0.5, 0.6) is 0 Å². The molecule has 132 valence electrons. The number of hydrogen-bond acceptors (Lipinski definition) is 4. The Labute approximate surface area is 146 Å². The first-order chi connectivity index (χ1) is 12.0. The van der Waals surface area contributed by atoms with Gasteiger partial charge in [-0.1, -0.05) is 0 Å². The Balaban J connectivity index is 1.63. The van der Waals surface area contributed by atoms with Crippen LogP contribution in [0, 0.1) is 0 Å². The van der Waals surface area contributed by atoms with Crippen molar-refractivity contribution in [1.29, 1.82) is 0 Å². The van der Waals surface area contributed by atoms with Crippen molar-refractivity contribution >= 4 is 17.5 Å². The number of anilines is 1. The number of hydrogen-bond donors (Lipinski definition) is 2. The van der Waals surface area contributed by atoms with Gasteiger partial charge in [0.05, 0.1) is 18.1 Å². The number of rotatable bonds is 5. The number of carbonyl (C=O) groups excluding carboxylic acids is 2. The summed E-state index contributed by atoms with van der Waals surface area (Å²) >= 11 is 0. The summed E-state index contributed by atoms with van der Waals surface area (Å²) in [6.45, 7) is 6.42. The minimum atomic E-state index is -0.484. The van der Waals surface area contributed by atoms with Gasteiger partial charge in [0, 0.05) is 43.0 Å². The molecule has 1 unspecified atom stereocenters. The van der Waals surface area contributed by atoms with Gasteiger partial charge in [-0.25, -0.2) is 4.98 Å². The van der Waals surface area contributed by atoms with E-state index in [4.69, 9.17) is 5.73 Å². The van der Waals surface area contributed by atoms with E-state index in [0.29, 0.717) is 17.8 Å². The molecule has 0 fully saturated rings. The lowest BCUT2D eigenvalue weighted by Gasteiger charge is -2.31. The molecule has 1 aromatic heterocycles. The number of primary amides is 1. The standard InChI is InChI=1S/C18H23N5O2/c1-3-22-11-20-15-10-23(9-8-16(15)22)12(2)18(25)21-14-6-4-13(5-7-14)17(19)24/h4-7,11-12H,3,8-10H2,1-2H3,(H2,19,24)(H,21,25). The Morgan fingerprint density at radius 1 is 1.32 bits per heavy atom. The SMILES string of the molecule is CCn1cnc2c1CCN(C(C)C(=O)Nc1ccc(C(N)=O)cc1)C2. The van der Waals surface area contributed by atoms with E-state index in [-0.39, 0.29) is 11.9 Å². The zero-order valence-corrected chi connectivity index (χ0v) is 14.5. The first-order valence-corrected chi connectivity index (χ1v) is 8.47. The molecule has 0 saturated heterocycles. The maximum Gasteiger partial charge on any atom is 0.248 e. The zero-order chi connectivity index (χ0) is 18.0. The van der Waals surface area contributed by atoms with E-state index in [2.05, 4.69) is 26.7 Å². The third-order valence-electron chi connectivity index (χ3n) is 4.73. The van der Waals surface area contributed by atoms with Crippen LogP contribution in [-0.4, -0.2) is 38.9 Å². The van der Waals surface area contributed by atoms with Crippen LogP contribution in [0.2, 0.25) is 0 Å². The molecule has 0 saturated carbocycles. The molecule has 1 aliphatic rings. The molecule has 7 nitrogen and oxygen atoms in total. The normalized spacial score (nSPS) is 15.4. The number of carbonyl (C=O) groups is 2. The van der Waals surface area contributed by atoms with Crippen LogP contribution in [0.1, 0.15) is 35.6 Å². The summed E-state index contributed by atoms with van der Waals surface area (Å²) < 4.78 is 2.16. The number of amides is 2. The van der Waals surface area contributed by atoms with Gasteiger partial charge in [-0.3, -0.25) is 14.5 Å². The molecule has 1 aromatic carbocycles. The van der Waals surface area contributed by atoms with E-state index < -0.39 is 5.91 Å². The third kappa shape index (κ3) is 3.56. The molecule has 1 atom stereocenters. The van der Waals surface area contributed by atoms with E-state index in [0.717, 1.165) is 25.2 Å². The van der Waals surface area contributed by atoms with Crippen LogP contribution < -0.4 is 11.1 Å². The average molecular weight is 341 g/mol. The number of nitrogens with zero attached hydrogens (tertiary/aromatic N) is 3. The van der Waals surface area contributed by atoms with Gasteiger partial charge in [-0.2, -0.15) is 0 Å². The van der Waals surface area contributed by atoms with Gasteiger partial charge in [-0.15, -0.1) is 0 Å². The Morgan fingerprint density at radius 3 is 2.68 bits per heavy atom. The van der Waals surface area contributed by atoms with Crippen molar-refractivity contribution in [1.82, 2.24) is 14.5 Å². The molecule has 0 radical (unpaired) electrons. The Hall–Kier alpha value is -2.67. The van der Waals surface area contributed by atoms with Crippen molar-refractivity contribution in [2.75, 3.05) is 11.9 Å². The molecule has 7 heteroatoms. The van der Waals surface area contributed by atoms with E-state index in [9.17, 15) is 9.59 Å². The number of aromatic nitrogens is 2. The van der Waals surface area contributed by atoms with Crippen molar-refractivity contribution < 1.29 is 9.59 Å². The predicted molar refractivity (Wildman–Crippen MR) is 95.1 cm³/mol. The Bertz CT molecular complexity index is 781. The van der Waals surface area contributed by atoms with E-state index in [1.165, 1.54) is 5.69 Å². The molecule has 2 amide bonds. The highest BCUT2D eigenvalue weighted by Crippen LogP contribution is 2.20. The smallest absolute Gasteiger partial charge is 0.248 e. The third-order valence-corrected chi connectivity index (χ3v) is 4.73. The van der Waals surface area contributed by atoms with Crippen LogP contribution in [0.4, 0.5) is 5.69 Å². The van der Waals surface area contributed by atoms with Gasteiger partial charge in [0.2, 0.25) is 11.8 Å². The summed E-state index contributed by atoms with van der Waals surface area (Å²) in [7, 11) is 0. The molecule has 3 rings (SSSR count). The van der Waals surface area contributed by atoms with Crippen LogP contribution in [0.3, 0.4) is 0 Å². The van der Waals surface area contributed by atoms with Crippen molar-refractivity contribution in [3.8, 4) is 0 Å². The van der Waals surface area contributed by atoms with E-state index in [1.54, 1.807) is 24.3 Å². The van der Waals surface area contributed by atoms with Crippen LogP contribution in [0.15, 0.2) is 30.6 Å². The minimum absolute atomic E-state index is 0.0785. The molecular formula is C18H23N5O2. The highest BCUT2D eigenvalue weighted by molar-refractivity contribution is 5.96. The molecule has 25 heavy (non-hydrogen) atoms. The first kappa shape index (κ1) is 17.2. The quantitative estimate of drug-likeness (QED) is 0.859. The fraction of sp³-hybridized carbons (Fsp3) is 0.389. The van der Waals surface area contributed by atoms with Crippen molar-refractivity contribution in [3.05, 3.63) is 47.5 Å². The van der Waals surface area contributed by atoms with Gasteiger partial charge < -0.3 is 15.6 Å². The summed E-state index contributed by atoms with van der Waals surface area (Å²) in [6.07, 6.45) is 2.77. The summed E-state index contributed by atoms with van der Waals surface area (Å²) in [5, 5.41) is 2.89. The fourth-order valence-electron chi connectivity index (χ4n) is 3.12. The molecule has 3 N–H and O–H groups in total. The predicted octanol–water partition coefficient (Wildman–Crippen LogP) is 1.39. The second-order valence-corrected chi connectivity index (χ2v) is 6.25. The van der Waals surface area contributed by atoms with Gasteiger partial charge in [-0.05, 0) is 38.1 Å². The van der Waals surface area contributed by atoms with E-state index >= 15 is 0 Å². The lowest BCUT2D eigenvalue weighted by Crippen LogP contribution is -2.44. The van der Waals surface area contributed by atoms with Crippen molar-refractivity contribution in [2.24, 2.45) is 5.73 Å². The van der Waals surface area contributed by atoms with Crippen molar-refractivity contribution in [2.45, 2.75) is 39.4 Å². The Kier molecular flexibility index (Phi) is 4.85. The number of fused-ring (bicyclic) bond motifs is 1. The summed E-state index contributed by atoms with van der Waals surface area (Å²) in [5.74, 6) is -0.563. The summed E-state index contributed by atoms with van der Waals surface area (Å²) in [5.41, 5.74) is 8.61. The van der Waals surface area contributed by atoms with E-state index in [1.807, 2.05) is 13.3 Å². The van der Waals surface area contributed by atoms with Crippen LogP contribution in [0.25, 0.3) is 0 Å². The monoisotopic (exact) mass is 341 g/mol. The largest absolute Gasteiger partial charge is 0.366 e. The average Bonchev–Trinajstić information content (AvgIpc) is 3.03. The second kappa shape index (κ2) is 7.06. The summed E-state index contributed by atoms with van der Waals surface area (Å²) in [6, 6.07) is 6.31. The highest BCUT2D eigenvalue weighted by atomic mass is 16.2. The van der Waals surface area contributed by atoms with Gasteiger partial charge in [0.15, 0.2) is 0 Å². The minimum Gasteiger partial charge on any atom is -0.366 e. The lowest BCUT2D eigenvalue weighted by atomic mass is 10.1. The van der Waals surface area contributed by atoms with Crippen LogP contribution in [-0.2, 0) is 24.3 Å². The molecule has 1 aliphatic heterocycles. The first-order valence-electron chi connectivity index (χ1n) is 8.47. The topological polar surface area (TPSA) is 93.2 Å². The second-order valence-electron chi connectivity index (χ2n) is 6.25. The van der Waals surface area contributed by atoms with Crippen LogP contribution >= 0.6 is 0 Å². The highest BCUT2D eigenvalue weighted by Gasteiger charge is 2.27. The maximum atomic E-state index is 12.5. The number of nitrogens with one attached hydrogen (secondary N) is 1. The maximum absolute atomic E-state index is 12.5. The Morgan fingerprint density at radius 2 is 2.04 bits per heavy atom. The number of aryl methyl sites for hydroxylation is 1. The number of imidazole rings is 1. The number of nitrogens with two attached hydrogens (primary N) is 1. The fourth-order valence-corrected chi connectivity index (χ4v) is 3.12. The molecule has 0 bridgehead atoms. The molecule has 0 spiro atoms. The molecule has 2 heterocycles. The molecule has 0 aliphatic carbocycles. The molecular weight excluding hydrogens is 318 g/mol. The molecule has 2 aromatic rings. The van der Waals surface area contributed by atoms with Gasteiger partial charge in [0.1, 0.15) is 0 Å². The van der Waals surface area contributed by atoms with Gasteiger partial charge >= 0.3 is 0 Å².